The van der Waals surface area contributed by atoms with Gasteiger partial charge in [-0.1, -0.05) is 41.0 Å². The topological polar surface area (TPSA) is 78.3 Å². The van der Waals surface area contributed by atoms with Gasteiger partial charge >= 0.3 is 0 Å². The van der Waals surface area contributed by atoms with E-state index in [1.165, 1.54) is 18.9 Å². The minimum atomic E-state index is -0.224. The molecule has 0 fully saturated rings. The molecule has 3 rings (SSSR count). The van der Waals surface area contributed by atoms with Crippen molar-refractivity contribution >= 4 is 46.6 Å². The fourth-order valence-corrected chi connectivity index (χ4v) is 3.68. The van der Waals surface area contributed by atoms with Gasteiger partial charge in [0.15, 0.2) is 11.0 Å². The summed E-state index contributed by atoms with van der Waals surface area (Å²) in [5.41, 5.74) is 0.505. The Bertz CT molecular complexity index is 1060. The first-order valence-electron chi connectivity index (χ1n) is 9.17. The van der Waals surface area contributed by atoms with Crippen molar-refractivity contribution in [3.8, 4) is 11.5 Å². The summed E-state index contributed by atoms with van der Waals surface area (Å²) >= 11 is 13.2. The third-order valence-electron chi connectivity index (χ3n) is 4.05. The van der Waals surface area contributed by atoms with Crippen LogP contribution < -0.4 is 14.8 Å². The minimum absolute atomic E-state index is 0.128. The van der Waals surface area contributed by atoms with Gasteiger partial charge in [-0.15, -0.1) is 16.8 Å². The molecule has 3 aromatic rings. The molecular formula is C21H20Cl2N4O3S. The van der Waals surface area contributed by atoms with Crippen LogP contribution in [0.4, 0.5) is 5.69 Å². The van der Waals surface area contributed by atoms with Gasteiger partial charge in [0, 0.05) is 16.6 Å². The molecule has 1 aromatic heterocycles. The van der Waals surface area contributed by atoms with Gasteiger partial charge in [-0.3, -0.25) is 9.36 Å². The minimum Gasteiger partial charge on any atom is -0.495 e. The second-order valence-corrected chi connectivity index (χ2v) is 8.04. The van der Waals surface area contributed by atoms with Crippen molar-refractivity contribution in [2.75, 3.05) is 18.2 Å². The summed E-state index contributed by atoms with van der Waals surface area (Å²) < 4.78 is 12.9. The standard InChI is InChI=1S/C21H20Cl2N4O3S/c1-3-10-27-19(12-30-16-7-4-14(22)5-8-16)25-26-21(27)31-13-20(28)24-17-11-15(23)6-9-18(17)29-2/h3-9,11H,1,10,12-13H2,2H3,(H,24,28). The smallest absolute Gasteiger partial charge is 0.234 e. The molecule has 1 heterocycles. The average Bonchev–Trinajstić information content (AvgIpc) is 3.14. The number of amides is 1. The van der Waals surface area contributed by atoms with Crippen molar-refractivity contribution in [3.05, 3.63) is 71.0 Å². The molecule has 0 unspecified atom stereocenters. The van der Waals surface area contributed by atoms with Gasteiger partial charge in [0.05, 0.1) is 18.6 Å². The first-order chi connectivity index (χ1) is 15.0. The number of halogens is 2. The van der Waals surface area contributed by atoms with E-state index in [-0.39, 0.29) is 18.3 Å². The Morgan fingerprint density at radius 1 is 1.19 bits per heavy atom. The van der Waals surface area contributed by atoms with E-state index in [2.05, 4.69) is 22.1 Å². The van der Waals surface area contributed by atoms with Crippen molar-refractivity contribution in [3.63, 3.8) is 0 Å². The Hall–Kier alpha value is -2.68. The van der Waals surface area contributed by atoms with Crippen LogP contribution in [-0.4, -0.2) is 33.5 Å². The van der Waals surface area contributed by atoms with Crippen LogP contribution in [0, 0.1) is 0 Å². The lowest BCUT2D eigenvalue weighted by molar-refractivity contribution is -0.113. The maximum atomic E-state index is 12.4. The van der Waals surface area contributed by atoms with E-state index < -0.39 is 0 Å². The number of thioether (sulfide) groups is 1. The number of ether oxygens (including phenoxy) is 2. The molecule has 0 aliphatic carbocycles. The number of hydrogen-bond donors (Lipinski definition) is 1. The first kappa shape index (κ1) is 23.0. The van der Waals surface area contributed by atoms with Gasteiger partial charge in [-0.25, -0.2) is 0 Å². The lowest BCUT2D eigenvalue weighted by atomic mass is 10.3. The molecule has 0 saturated carbocycles. The van der Waals surface area contributed by atoms with E-state index >= 15 is 0 Å². The quantitative estimate of drug-likeness (QED) is 0.323. The number of aromatic nitrogens is 3. The molecular weight excluding hydrogens is 459 g/mol. The number of anilines is 1. The monoisotopic (exact) mass is 478 g/mol. The zero-order valence-corrected chi connectivity index (χ0v) is 19.0. The van der Waals surface area contributed by atoms with Crippen molar-refractivity contribution in [1.82, 2.24) is 14.8 Å². The lowest BCUT2D eigenvalue weighted by Crippen LogP contribution is -2.15. The van der Waals surface area contributed by atoms with E-state index in [1.807, 2.05) is 4.57 Å². The molecule has 2 aromatic carbocycles. The van der Waals surface area contributed by atoms with Crippen LogP contribution >= 0.6 is 35.0 Å². The molecule has 1 amide bonds. The summed E-state index contributed by atoms with van der Waals surface area (Å²) in [6.07, 6.45) is 1.73. The summed E-state index contributed by atoms with van der Waals surface area (Å²) in [4.78, 5) is 12.4. The number of rotatable bonds is 10. The molecule has 162 valence electrons. The SMILES string of the molecule is C=CCn1c(COc2ccc(Cl)cc2)nnc1SCC(=O)Nc1cc(Cl)ccc1OC. The number of hydrogen-bond acceptors (Lipinski definition) is 6. The van der Waals surface area contributed by atoms with Gasteiger partial charge in [-0.2, -0.15) is 0 Å². The van der Waals surface area contributed by atoms with Crippen LogP contribution in [0.25, 0.3) is 0 Å². The number of nitrogens with zero attached hydrogens (tertiary/aromatic N) is 3. The van der Waals surface area contributed by atoms with Crippen LogP contribution in [0.2, 0.25) is 10.0 Å². The van der Waals surface area contributed by atoms with Crippen LogP contribution in [0.1, 0.15) is 5.82 Å². The molecule has 0 aliphatic rings. The molecule has 7 nitrogen and oxygen atoms in total. The van der Waals surface area contributed by atoms with Crippen LogP contribution in [0.5, 0.6) is 11.5 Å². The Balaban J connectivity index is 1.63. The first-order valence-corrected chi connectivity index (χ1v) is 10.9. The second kappa shape index (κ2) is 11.1. The largest absolute Gasteiger partial charge is 0.495 e. The van der Waals surface area contributed by atoms with Crippen LogP contribution in [-0.2, 0) is 17.9 Å². The average molecular weight is 479 g/mol. The van der Waals surface area contributed by atoms with Crippen LogP contribution in [0.15, 0.2) is 60.3 Å². The molecule has 10 heteroatoms. The number of allylic oxidation sites excluding steroid dienone is 1. The van der Waals surface area contributed by atoms with E-state index in [1.54, 1.807) is 48.5 Å². The Morgan fingerprint density at radius 2 is 1.94 bits per heavy atom. The van der Waals surface area contributed by atoms with E-state index in [9.17, 15) is 4.79 Å². The molecule has 0 bridgehead atoms. The lowest BCUT2D eigenvalue weighted by Gasteiger charge is -2.11. The van der Waals surface area contributed by atoms with E-state index in [0.29, 0.717) is 44.8 Å². The van der Waals surface area contributed by atoms with Gasteiger partial charge < -0.3 is 14.8 Å². The molecule has 0 spiro atoms. The molecule has 0 aliphatic heterocycles. The Morgan fingerprint density at radius 3 is 2.65 bits per heavy atom. The van der Waals surface area contributed by atoms with E-state index in [4.69, 9.17) is 32.7 Å². The highest BCUT2D eigenvalue weighted by molar-refractivity contribution is 7.99. The van der Waals surface area contributed by atoms with Crippen LogP contribution in [0.3, 0.4) is 0 Å². The maximum absolute atomic E-state index is 12.4. The van der Waals surface area contributed by atoms with Gasteiger partial charge in [0.2, 0.25) is 5.91 Å². The number of carbonyl (C=O) groups excluding carboxylic acids is 1. The predicted octanol–water partition coefficient (Wildman–Crippen LogP) is 5.09. The predicted molar refractivity (Wildman–Crippen MR) is 123 cm³/mol. The van der Waals surface area contributed by atoms with Crippen molar-refractivity contribution in [2.45, 2.75) is 18.3 Å². The highest BCUT2D eigenvalue weighted by atomic mass is 35.5. The van der Waals surface area contributed by atoms with Crippen molar-refractivity contribution in [1.29, 1.82) is 0 Å². The zero-order chi connectivity index (χ0) is 22.2. The summed E-state index contributed by atoms with van der Waals surface area (Å²) in [5, 5.41) is 12.9. The zero-order valence-electron chi connectivity index (χ0n) is 16.7. The van der Waals surface area contributed by atoms with Crippen molar-refractivity contribution < 1.29 is 14.3 Å². The Labute approximate surface area is 194 Å². The summed E-state index contributed by atoms with van der Waals surface area (Å²) in [7, 11) is 1.53. The molecule has 1 N–H and O–H groups in total. The van der Waals surface area contributed by atoms with Gasteiger partial charge in [0.1, 0.15) is 18.1 Å². The molecule has 0 atom stereocenters. The number of benzene rings is 2. The molecule has 31 heavy (non-hydrogen) atoms. The molecule has 0 radical (unpaired) electrons. The second-order valence-electron chi connectivity index (χ2n) is 6.22. The van der Waals surface area contributed by atoms with Crippen molar-refractivity contribution in [2.24, 2.45) is 0 Å². The molecule has 0 saturated heterocycles. The third kappa shape index (κ3) is 6.40. The van der Waals surface area contributed by atoms with Gasteiger partial charge in [0.25, 0.3) is 0 Å². The number of methoxy groups -OCH3 is 1. The fourth-order valence-electron chi connectivity index (χ4n) is 2.62. The number of nitrogens with one attached hydrogen (secondary N) is 1. The maximum Gasteiger partial charge on any atom is 0.234 e. The summed E-state index contributed by atoms with van der Waals surface area (Å²) in [5.74, 6) is 1.72. The highest BCUT2D eigenvalue weighted by Crippen LogP contribution is 2.28. The third-order valence-corrected chi connectivity index (χ3v) is 5.51. The fraction of sp³-hybridized carbons (Fsp3) is 0.190. The highest BCUT2D eigenvalue weighted by Gasteiger charge is 2.15. The normalized spacial score (nSPS) is 10.5. The number of carbonyl (C=O) groups is 1. The summed E-state index contributed by atoms with van der Waals surface area (Å²) in [6, 6.07) is 12.1. The van der Waals surface area contributed by atoms with Gasteiger partial charge in [-0.05, 0) is 42.5 Å². The Kier molecular flexibility index (Phi) is 8.22. The van der Waals surface area contributed by atoms with E-state index in [0.717, 1.165) is 0 Å². The summed E-state index contributed by atoms with van der Waals surface area (Å²) in [6.45, 7) is 4.48.